The molecule has 0 amide bonds. The number of aryl methyl sites for hydroxylation is 1. The molecule has 25 heavy (non-hydrogen) atoms. The van der Waals surface area contributed by atoms with Gasteiger partial charge in [0, 0.05) is 13.1 Å². The van der Waals surface area contributed by atoms with Gasteiger partial charge >= 0.3 is 5.97 Å². The normalized spacial score (nSPS) is 16.1. The smallest absolute Gasteiger partial charge is 0.338 e. The Labute approximate surface area is 145 Å². The average molecular weight is 365 g/mol. The second kappa shape index (κ2) is 7.18. The van der Waals surface area contributed by atoms with Gasteiger partial charge in [-0.3, -0.25) is 4.31 Å². The number of rotatable bonds is 6. The molecule has 0 N–H and O–H groups in total. The molecule has 1 aromatic heterocycles. The molecule has 2 aromatic rings. The molecule has 0 spiro atoms. The molecule has 1 aliphatic heterocycles. The zero-order valence-corrected chi connectivity index (χ0v) is 14.6. The molecule has 0 unspecified atom stereocenters. The first-order chi connectivity index (χ1) is 12.0. The fourth-order valence-corrected chi connectivity index (χ4v) is 4.18. The Bertz CT molecular complexity index is 847. The highest BCUT2D eigenvalue weighted by Gasteiger charge is 2.28. The summed E-state index contributed by atoms with van der Waals surface area (Å²) in [5, 5.41) is 11.2. The summed E-state index contributed by atoms with van der Waals surface area (Å²) in [6, 6.07) is 6.34. The summed E-state index contributed by atoms with van der Waals surface area (Å²) < 4.78 is 32.0. The number of carbonyl (C=O) groups is 1. The zero-order valence-electron chi connectivity index (χ0n) is 13.8. The molecule has 134 valence electrons. The molecule has 9 nitrogen and oxygen atoms in total. The Kier molecular flexibility index (Phi) is 4.98. The standard InChI is InChI=1S/C15H19N5O4S/c1-2-8-19-14(16-17-18-19)11-24-15(21)12-4-6-13(7-5-12)20-9-3-10-25(20,22)23/h4-7H,2-3,8-11H2,1H3. The minimum Gasteiger partial charge on any atom is -0.454 e. The third kappa shape index (κ3) is 3.78. The van der Waals surface area contributed by atoms with E-state index in [4.69, 9.17) is 4.74 Å². The van der Waals surface area contributed by atoms with Crippen molar-refractivity contribution in [1.29, 1.82) is 0 Å². The van der Waals surface area contributed by atoms with E-state index >= 15 is 0 Å². The minimum absolute atomic E-state index is 0.0198. The van der Waals surface area contributed by atoms with Crippen molar-refractivity contribution in [2.45, 2.75) is 32.9 Å². The summed E-state index contributed by atoms with van der Waals surface area (Å²) in [6.07, 6.45) is 1.48. The van der Waals surface area contributed by atoms with Gasteiger partial charge < -0.3 is 4.74 Å². The van der Waals surface area contributed by atoms with E-state index in [9.17, 15) is 13.2 Å². The Morgan fingerprint density at radius 1 is 1.28 bits per heavy atom. The summed E-state index contributed by atoms with van der Waals surface area (Å²) in [6.45, 7) is 3.10. The van der Waals surface area contributed by atoms with Crippen LogP contribution in [0.1, 0.15) is 35.9 Å². The summed E-state index contributed by atoms with van der Waals surface area (Å²) in [5.74, 6) is 0.125. The van der Waals surface area contributed by atoms with Crippen molar-refractivity contribution in [3.63, 3.8) is 0 Å². The van der Waals surface area contributed by atoms with Crippen LogP contribution in [0.15, 0.2) is 24.3 Å². The van der Waals surface area contributed by atoms with Gasteiger partial charge in [0.05, 0.1) is 17.0 Å². The van der Waals surface area contributed by atoms with Crippen LogP contribution in [0.5, 0.6) is 0 Å². The monoisotopic (exact) mass is 365 g/mol. The van der Waals surface area contributed by atoms with Crippen molar-refractivity contribution in [2.75, 3.05) is 16.6 Å². The van der Waals surface area contributed by atoms with Gasteiger partial charge in [0.2, 0.25) is 10.0 Å². The van der Waals surface area contributed by atoms with E-state index in [0.717, 1.165) is 6.42 Å². The average Bonchev–Trinajstić information content (AvgIpc) is 3.19. The molecule has 1 aromatic carbocycles. The van der Waals surface area contributed by atoms with Crippen molar-refractivity contribution in [1.82, 2.24) is 20.2 Å². The highest BCUT2D eigenvalue weighted by Crippen LogP contribution is 2.24. The van der Waals surface area contributed by atoms with Gasteiger partial charge in [-0.1, -0.05) is 6.92 Å². The van der Waals surface area contributed by atoms with Gasteiger partial charge in [-0.2, -0.15) is 0 Å². The second-order valence-corrected chi connectivity index (χ2v) is 7.70. The zero-order chi connectivity index (χ0) is 17.9. The van der Waals surface area contributed by atoms with Crippen molar-refractivity contribution < 1.29 is 17.9 Å². The SMILES string of the molecule is CCCn1nnnc1COC(=O)c1ccc(N2CCCS2(=O)=O)cc1. The molecular weight excluding hydrogens is 346 g/mol. The van der Waals surface area contributed by atoms with Crippen LogP contribution in [-0.2, 0) is 27.9 Å². The van der Waals surface area contributed by atoms with Crippen LogP contribution in [0.4, 0.5) is 5.69 Å². The fraction of sp³-hybridized carbons (Fsp3) is 0.467. The number of hydrogen-bond acceptors (Lipinski definition) is 7. The number of benzene rings is 1. The molecule has 0 aliphatic carbocycles. The maximum absolute atomic E-state index is 12.1. The predicted octanol–water partition coefficient (Wildman–Crippen LogP) is 0.980. The van der Waals surface area contributed by atoms with Crippen molar-refractivity contribution in [3.8, 4) is 0 Å². The largest absolute Gasteiger partial charge is 0.454 e. The lowest BCUT2D eigenvalue weighted by Crippen LogP contribution is -2.25. The molecule has 10 heteroatoms. The third-order valence-corrected chi connectivity index (χ3v) is 5.73. The highest BCUT2D eigenvalue weighted by atomic mass is 32.2. The van der Waals surface area contributed by atoms with Crippen molar-refractivity contribution in [3.05, 3.63) is 35.7 Å². The lowest BCUT2D eigenvalue weighted by molar-refractivity contribution is 0.0456. The molecule has 1 saturated heterocycles. The number of tetrazole rings is 1. The number of ether oxygens (including phenoxy) is 1. The number of aromatic nitrogens is 4. The quantitative estimate of drug-likeness (QED) is 0.702. The van der Waals surface area contributed by atoms with Crippen LogP contribution in [0.3, 0.4) is 0 Å². The van der Waals surface area contributed by atoms with Crippen molar-refractivity contribution >= 4 is 21.7 Å². The van der Waals surface area contributed by atoms with Crippen LogP contribution in [0, 0.1) is 0 Å². The maximum atomic E-state index is 12.1. The predicted molar refractivity (Wildman–Crippen MR) is 89.4 cm³/mol. The lowest BCUT2D eigenvalue weighted by Gasteiger charge is -2.16. The van der Waals surface area contributed by atoms with Gasteiger partial charge in [-0.25, -0.2) is 17.9 Å². The third-order valence-electron chi connectivity index (χ3n) is 3.86. The number of anilines is 1. The lowest BCUT2D eigenvalue weighted by atomic mass is 10.2. The maximum Gasteiger partial charge on any atom is 0.338 e. The van der Waals surface area contributed by atoms with E-state index in [-0.39, 0.29) is 12.4 Å². The Hall–Kier alpha value is -2.49. The molecule has 0 saturated carbocycles. The summed E-state index contributed by atoms with van der Waals surface area (Å²) in [4.78, 5) is 12.1. The summed E-state index contributed by atoms with van der Waals surface area (Å²) >= 11 is 0. The van der Waals surface area contributed by atoms with Gasteiger partial charge in [0.1, 0.15) is 0 Å². The van der Waals surface area contributed by atoms with Crippen molar-refractivity contribution in [2.24, 2.45) is 0 Å². The summed E-state index contributed by atoms with van der Waals surface area (Å²) in [5.41, 5.74) is 0.899. The number of carbonyl (C=O) groups excluding carboxylic acids is 1. The molecule has 2 heterocycles. The first-order valence-electron chi connectivity index (χ1n) is 8.04. The molecule has 0 radical (unpaired) electrons. The van der Waals surface area contributed by atoms with E-state index in [0.29, 0.717) is 36.6 Å². The number of nitrogens with zero attached hydrogens (tertiary/aromatic N) is 5. The highest BCUT2D eigenvalue weighted by molar-refractivity contribution is 7.93. The van der Waals surface area contributed by atoms with Gasteiger partial charge in [-0.15, -0.1) is 5.10 Å². The Balaban J connectivity index is 1.64. The van der Waals surface area contributed by atoms with E-state index < -0.39 is 16.0 Å². The van der Waals surface area contributed by atoms with E-state index in [1.165, 1.54) is 4.31 Å². The molecule has 0 atom stereocenters. The Morgan fingerprint density at radius 2 is 2.04 bits per heavy atom. The molecule has 0 bridgehead atoms. The summed E-state index contributed by atoms with van der Waals surface area (Å²) in [7, 11) is -3.23. The first kappa shape index (κ1) is 17.3. The molecule has 1 fully saturated rings. The van der Waals surface area contributed by atoms with Gasteiger partial charge in [-0.05, 0) is 47.5 Å². The van der Waals surface area contributed by atoms with E-state index in [1.807, 2.05) is 6.92 Å². The number of sulfonamides is 1. The number of hydrogen-bond donors (Lipinski definition) is 0. The van der Waals surface area contributed by atoms with Crippen LogP contribution in [0.25, 0.3) is 0 Å². The molecule has 1 aliphatic rings. The number of esters is 1. The van der Waals surface area contributed by atoms with Gasteiger partial charge in [0.15, 0.2) is 12.4 Å². The first-order valence-corrected chi connectivity index (χ1v) is 9.65. The van der Waals surface area contributed by atoms with Crippen LogP contribution < -0.4 is 4.31 Å². The van der Waals surface area contributed by atoms with Gasteiger partial charge in [0.25, 0.3) is 0 Å². The van der Waals surface area contributed by atoms with Crippen LogP contribution in [0.2, 0.25) is 0 Å². The van der Waals surface area contributed by atoms with E-state index in [2.05, 4.69) is 15.5 Å². The molecular formula is C15H19N5O4S. The second-order valence-electron chi connectivity index (χ2n) is 5.68. The van der Waals surface area contributed by atoms with Crippen LogP contribution >= 0.6 is 0 Å². The Morgan fingerprint density at radius 3 is 2.68 bits per heavy atom. The minimum atomic E-state index is -3.23. The van der Waals surface area contributed by atoms with Crippen LogP contribution in [-0.4, -0.2) is 46.9 Å². The van der Waals surface area contributed by atoms with E-state index in [1.54, 1.807) is 28.9 Å². The topological polar surface area (TPSA) is 107 Å². The molecule has 3 rings (SSSR count). The fourth-order valence-electron chi connectivity index (χ4n) is 2.62.